The van der Waals surface area contributed by atoms with Gasteiger partial charge in [-0.2, -0.15) is 0 Å². The van der Waals surface area contributed by atoms with Gasteiger partial charge in [0.15, 0.2) is 0 Å². The van der Waals surface area contributed by atoms with E-state index in [1.807, 2.05) is 0 Å². The zero-order valence-corrected chi connectivity index (χ0v) is 6.56. The van der Waals surface area contributed by atoms with E-state index < -0.39 is 0 Å². The van der Waals surface area contributed by atoms with Gasteiger partial charge in [0, 0.05) is 0 Å². The zero-order valence-electron chi connectivity index (χ0n) is 6.56. The molecule has 2 nitrogen and oxygen atoms in total. The fraction of sp³-hybridized carbons (Fsp3) is 0.750. The summed E-state index contributed by atoms with van der Waals surface area (Å²) >= 11 is 0. The summed E-state index contributed by atoms with van der Waals surface area (Å²) in [5.74, 6) is 0.444. The second-order valence-electron chi connectivity index (χ2n) is 2.47. The predicted molar refractivity (Wildman–Crippen MR) is 45.2 cm³/mol. The molecule has 0 saturated carbocycles. The highest BCUT2D eigenvalue weighted by atomic mass is 14.3. The van der Waals surface area contributed by atoms with Crippen LogP contribution in [0.1, 0.15) is 32.6 Å². The van der Waals surface area contributed by atoms with Gasteiger partial charge >= 0.3 is 0 Å². The fourth-order valence-electron chi connectivity index (χ4n) is 0.887. The molecule has 2 N–H and O–H groups in total. The van der Waals surface area contributed by atoms with Crippen LogP contribution in [0.3, 0.4) is 0 Å². The summed E-state index contributed by atoms with van der Waals surface area (Å²) < 4.78 is 0. The molecule has 0 amide bonds. The molecule has 1 unspecified atom stereocenters. The molecule has 0 heterocycles. The lowest BCUT2D eigenvalue weighted by atomic mass is 10.0. The van der Waals surface area contributed by atoms with E-state index in [9.17, 15) is 0 Å². The van der Waals surface area contributed by atoms with Gasteiger partial charge in [0.25, 0.3) is 0 Å². The third kappa shape index (κ3) is 4.24. The average molecular weight is 140 g/mol. The van der Waals surface area contributed by atoms with Crippen LogP contribution in [-0.4, -0.2) is 12.4 Å². The maximum Gasteiger partial charge on any atom is -0.00168 e. The molecule has 1 atom stereocenters. The van der Waals surface area contributed by atoms with E-state index in [1.54, 1.807) is 0 Å². The maximum atomic E-state index is 7.01. The predicted octanol–water partition coefficient (Wildman–Crippen LogP) is 2.48. The minimum atomic E-state index is 0.444. The van der Waals surface area contributed by atoms with Crippen molar-refractivity contribution in [3.8, 4) is 0 Å². The molecule has 0 saturated heterocycles. The summed E-state index contributed by atoms with van der Waals surface area (Å²) in [5.41, 5.74) is 0. The lowest BCUT2D eigenvalue weighted by Gasteiger charge is -2.05. The molecule has 0 aliphatic carbocycles. The Morgan fingerprint density at radius 2 is 2.10 bits per heavy atom. The van der Waals surface area contributed by atoms with E-state index in [0.29, 0.717) is 5.92 Å². The Hall–Kier alpha value is -0.660. The zero-order chi connectivity index (χ0) is 7.82. The molecule has 2 heteroatoms. The second-order valence-corrected chi connectivity index (χ2v) is 2.47. The fourth-order valence-corrected chi connectivity index (χ4v) is 0.887. The van der Waals surface area contributed by atoms with Crippen LogP contribution in [-0.2, 0) is 0 Å². The molecule has 0 fully saturated rings. The van der Waals surface area contributed by atoms with Gasteiger partial charge in [-0.25, -0.2) is 0 Å². The first-order chi connectivity index (χ1) is 4.85. The van der Waals surface area contributed by atoms with Gasteiger partial charge in [-0.1, -0.05) is 6.92 Å². The summed E-state index contributed by atoms with van der Waals surface area (Å²) in [7, 11) is 0. The molecule has 0 radical (unpaired) electrons. The van der Waals surface area contributed by atoms with Crippen LogP contribution in [0.15, 0.2) is 0 Å². The lowest BCUT2D eigenvalue weighted by molar-refractivity contribution is 0.592. The molecular weight excluding hydrogens is 124 g/mol. The van der Waals surface area contributed by atoms with Crippen molar-refractivity contribution < 1.29 is 0 Å². The summed E-state index contributed by atoms with van der Waals surface area (Å²) in [6.07, 6.45) is 7.00. The summed E-state index contributed by atoms with van der Waals surface area (Å²) in [5, 5.41) is 13.8. The van der Waals surface area contributed by atoms with Crippen molar-refractivity contribution in [2.75, 3.05) is 0 Å². The minimum Gasteiger partial charge on any atom is -0.313 e. The van der Waals surface area contributed by atoms with Crippen molar-refractivity contribution in [2.45, 2.75) is 32.6 Å². The first-order valence-corrected chi connectivity index (χ1v) is 3.84. The van der Waals surface area contributed by atoms with Crippen molar-refractivity contribution in [3.63, 3.8) is 0 Å². The van der Waals surface area contributed by atoms with Crippen LogP contribution in [0.25, 0.3) is 0 Å². The quantitative estimate of drug-likeness (QED) is 0.420. The third-order valence-corrected chi connectivity index (χ3v) is 1.68. The molecule has 0 spiro atoms. The van der Waals surface area contributed by atoms with E-state index in [2.05, 4.69) is 6.92 Å². The van der Waals surface area contributed by atoms with Gasteiger partial charge in [-0.3, -0.25) is 0 Å². The summed E-state index contributed by atoms with van der Waals surface area (Å²) in [6, 6.07) is 0. The third-order valence-electron chi connectivity index (χ3n) is 1.68. The molecular formula is C8H16N2. The Bertz CT molecular complexity index is 99.4. The van der Waals surface area contributed by atoms with Crippen molar-refractivity contribution in [3.05, 3.63) is 0 Å². The second kappa shape index (κ2) is 6.46. The number of nitrogens with one attached hydrogen (secondary N) is 2. The van der Waals surface area contributed by atoms with Crippen molar-refractivity contribution in [1.29, 1.82) is 10.8 Å². The summed E-state index contributed by atoms with van der Waals surface area (Å²) in [4.78, 5) is 0. The van der Waals surface area contributed by atoms with Gasteiger partial charge in [0.1, 0.15) is 0 Å². The van der Waals surface area contributed by atoms with Crippen LogP contribution in [0.4, 0.5) is 0 Å². The van der Waals surface area contributed by atoms with Crippen molar-refractivity contribution in [2.24, 2.45) is 5.92 Å². The average Bonchev–Trinajstić information content (AvgIpc) is 1.99. The van der Waals surface area contributed by atoms with E-state index in [1.165, 1.54) is 12.4 Å². The molecule has 0 aromatic heterocycles. The first kappa shape index (κ1) is 9.34. The van der Waals surface area contributed by atoms with E-state index in [4.69, 9.17) is 10.8 Å². The van der Waals surface area contributed by atoms with E-state index in [0.717, 1.165) is 25.7 Å². The minimum absolute atomic E-state index is 0.444. The van der Waals surface area contributed by atoms with Crippen LogP contribution in [0, 0.1) is 16.7 Å². The molecule has 58 valence electrons. The van der Waals surface area contributed by atoms with Crippen LogP contribution >= 0.6 is 0 Å². The van der Waals surface area contributed by atoms with Gasteiger partial charge in [0.2, 0.25) is 0 Å². The van der Waals surface area contributed by atoms with Crippen LogP contribution < -0.4 is 0 Å². The lowest BCUT2D eigenvalue weighted by Crippen LogP contribution is -1.98. The van der Waals surface area contributed by atoms with Gasteiger partial charge in [-0.05, 0) is 44.0 Å². The highest BCUT2D eigenvalue weighted by Crippen LogP contribution is 2.08. The van der Waals surface area contributed by atoms with Crippen molar-refractivity contribution >= 4 is 12.4 Å². The largest absolute Gasteiger partial charge is 0.313 e. The standard InChI is InChI=1S/C8H16N2/c1-2-8(7-10)5-3-4-6-9/h6-10H,2-5H2,1H3. The highest BCUT2D eigenvalue weighted by Gasteiger charge is 1.99. The van der Waals surface area contributed by atoms with E-state index in [-0.39, 0.29) is 0 Å². The molecule has 0 aliphatic rings. The number of unbranched alkanes of at least 4 members (excludes halogenated alkanes) is 1. The monoisotopic (exact) mass is 140 g/mol. The molecule has 0 bridgehead atoms. The smallest absolute Gasteiger partial charge is 0.00168 e. The van der Waals surface area contributed by atoms with Gasteiger partial charge < -0.3 is 10.8 Å². The Morgan fingerprint density at radius 1 is 1.40 bits per heavy atom. The maximum absolute atomic E-state index is 7.01. The topological polar surface area (TPSA) is 47.7 Å². The Kier molecular flexibility index (Phi) is 6.03. The highest BCUT2D eigenvalue weighted by molar-refractivity contribution is 5.57. The van der Waals surface area contributed by atoms with Crippen molar-refractivity contribution in [1.82, 2.24) is 0 Å². The van der Waals surface area contributed by atoms with Gasteiger partial charge in [0.05, 0.1) is 0 Å². The van der Waals surface area contributed by atoms with E-state index >= 15 is 0 Å². The van der Waals surface area contributed by atoms with Crippen LogP contribution in [0.5, 0.6) is 0 Å². The molecule has 0 aliphatic heterocycles. The molecule has 0 rings (SSSR count). The Morgan fingerprint density at radius 3 is 2.50 bits per heavy atom. The normalized spacial score (nSPS) is 12.5. The molecule has 0 aromatic rings. The first-order valence-electron chi connectivity index (χ1n) is 3.84. The Balaban J connectivity index is 3.25. The van der Waals surface area contributed by atoms with Crippen LogP contribution in [0.2, 0.25) is 0 Å². The van der Waals surface area contributed by atoms with Gasteiger partial charge in [-0.15, -0.1) is 0 Å². The molecule has 0 aromatic carbocycles. The SMILES string of the molecule is CCC(C=N)CCCC=N. The number of hydrogen-bond donors (Lipinski definition) is 2. The Labute approximate surface area is 62.7 Å². The molecule has 10 heavy (non-hydrogen) atoms. The number of rotatable bonds is 6. The summed E-state index contributed by atoms with van der Waals surface area (Å²) in [6.45, 7) is 2.10. The number of hydrogen-bond acceptors (Lipinski definition) is 2.